The summed E-state index contributed by atoms with van der Waals surface area (Å²) in [5.74, 6) is -0.378. The number of benzene rings is 2. The molecule has 0 fully saturated rings. The SMILES string of the molecule is Cc1nc(Cc2ccccc2)sc1C(=O)NCC(O)COc1cccc(C(F)(F)F)c1. The normalized spacial score (nSPS) is 12.4. The Kier molecular flexibility index (Phi) is 7.29. The van der Waals surface area contributed by atoms with Crippen LogP contribution in [0.2, 0.25) is 0 Å². The summed E-state index contributed by atoms with van der Waals surface area (Å²) in [7, 11) is 0. The molecule has 3 rings (SSSR count). The lowest BCUT2D eigenvalue weighted by Gasteiger charge is -2.14. The number of thiazole rings is 1. The summed E-state index contributed by atoms with van der Waals surface area (Å²) in [5, 5.41) is 13.4. The lowest BCUT2D eigenvalue weighted by molar-refractivity contribution is -0.137. The molecule has 0 aliphatic carbocycles. The van der Waals surface area contributed by atoms with E-state index >= 15 is 0 Å². The molecule has 0 bridgehead atoms. The Balaban J connectivity index is 1.50. The molecule has 0 aliphatic rings. The van der Waals surface area contributed by atoms with E-state index in [1.807, 2.05) is 30.3 Å². The van der Waals surface area contributed by atoms with E-state index in [-0.39, 0.29) is 24.8 Å². The fourth-order valence-electron chi connectivity index (χ4n) is 2.81. The van der Waals surface area contributed by atoms with Gasteiger partial charge in [-0.25, -0.2) is 4.98 Å². The molecule has 0 saturated heterocycles. The molecule has 0 radical (unpaired) electrons. The van der Waals surface area contributed by atoms with Crippen molar-refractivity contribution in [2.75, 3.05) is 13.2 Å². The number of aliphatic hydroxyl groups excluding tert-OH is 1. The van der Waals surface area contributed by atoms with Gasteiger partial charge in [-0.15, -0.1) is 11.3 Å². The number of aromatic nitrogens is 1. The summed E-state index contributed by atoms with van der Waals surface area (Å²) >= 11 is 1.29. The van der Waals surface area contributed by atoms with Crippen LogP contribution in [0.25, 0.3) is 0 Å². The van der Waals surface area contributed by atoms with Gasteiger partial charge in [0.25, 0.3) is 5.91 Å². The van der Waals surface area contributed by atoms with Crippen molar-refractivity contribution >= 4 is 17.2 Å². The van der Waals surface area contributed by atoms with Crippen LogP contribution in [0, 0.1) is 6.92 Å². The number of aryl methyl sites for hydroxylation is 1. The number of alkyl halides is 3. The zero-order valence-electron chi connectivity index (χ0n) is 16.6. The van der Waals surface area contributed by atoms with Crippen molar-refractivity contribution in [3.63, 3.8) is 0 Å². The molecule has 2 aromatic carbocycles. The maximum atomic E-state index is 12.7. The lowest BCUT2D eigenvalue weighted by Crippen LogP contribution is -2.35. The molecule has 31 heavy (non-hydrogen) atoms. The average Bonchev–Trinajstić information content (AvgIpc) is 3.11. The van der Waals surface area contributed by atoms with Gasteiger partial charge in [-0.1, -0.05) is 36.4 Å². The fraction of sp³-hybridized carbons (Fsp3) is 0.273. The smallest absolute Gasteiger partial charge is 0.416 e. The highest BCUT2D eigenvalue weighted by Gasteiger charge is 2.30. The molecule has 1 heterocycles. The first-order valence-corrected chi connectivity index (χ1v) is 10.3. The van der Waals surface area contributed by atoms with Gasteiger partial charge in [-0.2, -0.15) is 13.2 Å². The van der Waals surface area contributed by atoms with E-state index in [0.717, 1.165) is 22.7 Å². The molecule has 0 aliphatic heterocycles. The predicted octanol–water partition coefficient (Wildman–Crippen LogP) is 4.23. The highest BCUT2D eigenvalue weighted by atomic mass is 32.1. The molecular formula is C22H21F3N2O3S. The first-order chi connectivity index (χ1) is 14.7. The van der Waals surface area contributed by atoms with Gasteiger partial charge >= 0.3 is 6.18 Å². The van der Waals surface area contributed by atoms with Crippen LogP contribution in [0.3, 0.4) is 0 Å². The van der Waals surface area contributed by atoms with E-state index < -0.39 is 17.8 Å². The molecule has 9 heteroatoms. The maximum Gasteiger partial charge on any atom is 0.416 e. The van der Waals surface area contributed by atoms with Crippen LogP contribution in [-0.4, -0.2) is 35.3 Å². The predicted molar refractivity (Wildman–Crippen MR) is 111 cm³/mol. The number of carbonyl (C=O) groups excluding carboxylic acids is 1. The van der Waals surface area contributed by atoms with Gasteiger partial charge in [-0.3, -0.25) is 4.79 Å². The Labute approximate surface area is 181 Å². The summed E-state index contributed by atoms with van der Waals surface area (Å²) < 4.78 is 43.4. The van der Waals surface area contributed by atoms with Gasteiger partial charge in [0.2, 0.25) is 0 Å². The number of amides is 1. The second kappa shape index (κ2) is 9.93. The van der Waals surface area contributed by atoms with Gasteiger partial charge < -0.3 is 15.2 Å². The summed E-state index contributed by atoms with van der Waals surface area (Å²) in [6, 6.07) is 14.2. The molecule has 1 aromatic heterocycles. The second-order valence-corrected chi connectivity index (χ2v) is 7.97. The minimum atomic E-state index is -4.47. The third-order valence-electron chi connectivity index (χ3n) is 4.35. The number of halogens is 3. The van der Waals surface area contributed by atoms with Crippen LogP contribution in [0.15, 0.2) is 54.6 Å². The van der Waals surface area contributed by atoms with Crippen molar-refractivity contribution < 1.29 is 27.8 Å². The van der Waals surface area contributed by atoms with E-state index in [1.165, 1.54) is 23.5 Å². The second-order valence-electron chi connectivity index (χ2n) is 6.88. The first-order valence-electron chi connectivity index (χ1n) is 9.49. The topological polar surface area (TPSA) is 71.5 Å². The van der Waals surface area contributed by atoms with Crippen molar-refractivity contribution in [2.45, 2.75) is 25.6 Å². The molecule has 2 N–H and O–H groups in total. The van der Waals surface area contributed by atoms with Crippen molar-refractivity contribution in [1.29, 1.82) is 0 Å². The number of carbonyl (C=O) groups is 1. The molecule has 0 spiro atoms. The minimum Gasteiger partial charge on any atom is -0.491 e. The molecular weight excluding hydrogens is 429 g/mol. The van der Waals surface area contributed by atoms with Crippen LogP contribution in [0.5, 0.6) is 5.75 Å². The Bertz CT molecular complexity index is 1020. The van der Waals surface area contributed by atoms with Crippen LogP contribution in [0.1, 0.15) is 31.5 Å². The molecule has 1 atom stereocenters. The van der Waals surface area contributed by atoms with E-state index in [2.05, 4.69) is 10.3 Å². The Hall–Kier alpha value is -2.91. The summed E-state index contributed by atoms with van der Waals surface area (Å²) in [5.41, 5.74) is 0.855. The molecule has 1 amide bonds. The highest BCUT2D eigenvalue weighted by molar-refractivity contribution is 7.13. The third kappa shape index (κ3) is 6.53. The van der Waals surface area contributed by atoms with Gasteiger partial charge in [0.05, 0.1) is 16.3 Å². The molecule has 1 unspecified atom stereocenters. The summed E-state index contributed by atoms with van der Waals surface area (Å²) in [4.78, 5) is 17.3. The van der Waals surface area contributed by atoms with Crippen molar-refractivity contribution in [3.05, 3.63) is 81.3 Å². The fourth-order valence-corrected chi connectivity index (χ4v) is 3.83. The number of nitrogens with zero attached hydrogens (tertiary/aromatic N) is 1. The maximum absolute atomic E-state index is 12.7. The summed E-state index contributed by atoms with van der Waals surface area (Å²) in [6.07, 6.45) is -4.94. The Morgan fingerprint density at radius 3 is 2.65 bits per heavy atom. The van der Waals surface area contributed by atoms with Gasteiger partial charge in [0.15, 0.2) is 0 Å². The number of hydrogen-bond acceptors (Lipinski definition) is 5. The number of nitrogens with one attached hydrogen (secondary N) is 1. The number of aliphatic hydroxyl groups is 1. The monoisotopic (exact) mass is 450 g/mol. The van der Waals surface area contributed by atoms with Crippen molar-refractivity contribution in [1.82, 2.24) is 10.3 Å². The molecule has 164 valence electrons. The van der Waals surface area contributed by atoms with Crippen LogP contribution >= 0.6 is 11.3 Å². The van der Waals surface area contributed by atoms with Gasteiger partial charge in [-0.05, 0) is 30.7 Å². The molecule has 3 aromatic rings. The van der Waals surface area contributed by atoms with Crippen LogP contribution in [-0.2, 0) is 12.6 Å². The van der Waals surface area contributed by atoms with E-state index in [1.54, 1.807) is 6.92 Å². The summed E-state index contributed by atoms with van der Waals surface area (Å²) in [6.45, 7) is 1.37. The molecule has 5 nitrogen and oxygen atoms in total. The zero-order valence-corrected chi connectivity index (χ0v) is 17.5. The number of hydrogen-bond donors (Lipinski definition) is 2. The average molecular weight is 450 g/mol. The number of ether oxygens (including phenoxy) is 1. The van der Waals surface area contributed by atoms with Crippen LogP contribution in [0.4, 0.5) is 13.2 Å². The van der Waals surface area contributed by atoms with Crippen molar-refractivity contribution in [3.8, 4) is 5.75 Å². The van der Waals surface area contributed by atoms with Gasteiger partial charge in [0, 0.05) is 13.0 Å². The largest absolute Gasteiger partial charge is 0.491 e. The molecule has 0 saturated carbocycles. The van der Waals surface area contributed by atoms with Crippen LogP contribution < -0.4 is 10.1 Å². The Morgan fingerprint density at radius 1 is 1.19 bits per heavy atom. The number of rotatable bonds is 8. The van der Waals surface area contributed by atoms with E-state index in [4.69, 9.17) is 4.74 Å². The standard InChI is InChI=1S/C22H21F3N2O3S/c1-14-20(31-19(27-14)10-15-6-3-2-4-7-15)21(29)26-12-17(28)13-30-18-9-5-8-16(11-18)22(23,24)25/h2-9,11,17,28H,10,12-13H2,1H3,(H,26,29). The highest BCUT2D eigenvalue weighted by Crippen LogP contribution is 2.31. The minimum absolute atomic E-state index is 0.0101. The first kappa shape index (κ1) is 22.8. The quantitative estimate of drug-likeness (QED) is 0.539. The van der Waals surface area contributed by atoms with E-state index in [0.29, 0.717) is 17.0 Å². The zero-order chi connectivity index (χ0) is 22.4. The van der Waals surface area contributed by atoms with E-state index in [9.17, 15) is 23.1 Å². The third-order valence-corrected chi connectivity index (χ3v) is 5.50. The van der Waals surface area contributed by atoms with Gasteiger partial charge in [0.1, 0.15) is 23.3 Å². The van der Waals surface area contributed by atoms with Crippen molar-refractivity contribution in [2.24, 2.45) is 0 Å². The lowest BCUT2D eigenvalue weighted by atomic mass is 10.2. The Morgan fingerprint density at radius 2 is 1.94 bits per heavy atom.